The maximum Gasteiger partial charge on any atom is 0.305 e. The highest BCUT2D eigenvalue weighted by atomic mass is 16.7. The lowest BCUT2D eigenvalue weighted by molar-refractivity contribution is -0.290. The fraction of sp³-hybridized carbons (Fsp3) is 0.438. The van der Waals surface area contributed by atoms with Gasteiger partial charge in [0.1, 0.15) is 0 Å². The van der Waals surface area contributed by atoms with Crippen molar-refractivity contribution in [3.63, 3.8) is 0 Å². The van der Waals surface area contributed by atoms with Crippen LogP contribution in [0.5, 0.6) is 0 Å². The summed E-state index contributed by atoms with van der Waals surface area (Å²) < 4.78 is 11.4. The second kappa shape index (κ2) is 6.20. The van der Waals surface area contributed by atoms with Crippen LogP contribution in [0.4, 0.5) is 0 Å². The second-order valence-electron chi connectivity index (χ2n) is 5.40. The van der Waals surface area contributed by atoms with E-state index in [0.29, 0.717) is 6.42 Å². The molecular formula is C16H20O4. The van der Waals surface area contributed by atoms with Gasteiger partial charge in [-0.1, -0.05) is 42.5 Å². The summed E-state index contributed by atoms with van der Waals surface area (Å²) in [5, 5.41) is 8.89. The molecule has 0 aliphatic carbocycles. The summed E-state index contributed by atoms with van der Waals surface area (Å²) in [6.45, 7) is 3.62. The van der Waals surface area contributed by atoms with Gasteiger partial charge in [0.15, 0.2) is 5.79 Å². The molecule has 2 atom stereocenters. The van der Waals surface area contributed by atoms with Gasteiger partial charge in [-0.2, -0.15) is 0 Å². The Morgan fingerprint density at radius 2 is 2.05 bits per heavy atom. The molecule has 108 valence electrons. The molecule has 0 bridgehead atoms. The fourth-order valence-electron chi connectivity index (χ4n) is 2.37. The van der Waals surface area contributed by atoms with Crippen molar-refractivity contribution in [2.45, 2.75) is 44.7 Å². The van der Waals surface area contributed by atoms with Crippen LogP contribution in [0.3, 0.4) is 0 Å². The van der Waals surface area contributed by atoms with Crippen molar-refractivity contribution < 1.29 is 19.4 Å². The van der Waals surface area contributed by atoms with Crippen LogP contribution in [0.2, 0.25) is 0 Å². The number of carboxylic acid groups (broad SMARTS) is 1. The van der Waals surface area contributed by atoms with Crippen molar-refractivity contribution in [2.75, 3.05) is 0 Å². The van der Waals surface area contributed by atoms with Gasteiger partial charge in [-0.15, -0.1) is 0 Å². The Morgan fingerprint density at radius 3 is 2.70 bits per heavy atom. The Bertz CT molecular complexity index is 479. The molecule has 4 nitrogen and oxygen atoms in total. The number of rotatable bonds is 4. The maximum atomic E-state index is 10.8. The molecule has 1 aliphatic rings. The molecule has 0 radical (unpaired) electrons. The number of aliphatic carboxylic acids is 1. The summed E-state index contributed by atoms with van der Waals surface area (Å²) in [4.78, 5) is 10.8. The highest BCUT2D eigenvalue weighted by Crippen LogP contribution is 2.29. The van der Waals surface area contributed by atoms with Gasteiger partial charge < -0.3 is 14.6 Å². The Kier molecular flexibility index (Phi) is 4.57. The Morgan fingerprint density at radius 1 is 1.35 bits per heavy atom. The molecule has 1 heterocycles. The molecule has 1 aliphatic heterocycles. The number of ether oxygens (including phenoxy) is 2. The molecular weight excluding hydrogens is 256 g/mol. The minimum absolute atomic E-state index is 0.00245. The summed E-state index contributed by atoms with van der Waals surface area (Å²) in [6, 6.07) is 9.93. The van der Waals surface area contributed by atoms with E-state index in [1.165, 1.54) is 0 Å². The molecule has 4 heteroatoms. The Labute approximate surface area is 119 Å². The Hall–Kier alpha value is -1.65. The van der Waals surface area contributed by atoms with Crippen LogP contribution in [0.25, 0.3) is 6.08 Å². The van der Waals surface area contributed by atoms with Crippen molar-refractivity contribution in [1.29, 1.82) is 0 Å². The lowest BCUT2D eigenvalue weighted by Gasteiger charge is -2.39. The predicted octanol–water partition coefficient (Wildman–Crippen LogP) is 3.08. The van der Waals surface area contributed by atoms with E-state index in [1.807, 2.05) is 56.3 Å². The minimum atomic E-state index is -0.849. The van der Waals surface area contributed by atoms with E-state index in [-0.39, 0.29) is 18.6 Å². The molecule has 1 aromatic rings. The highest BCUT2D eigenvalue weighted by Gasteiger charge is 2.35. The van der Waals surface area contributed by atoms with Gasteiger partial charge in [0, 0.05) is 6.42 Å². The van der Waals surface area contributed by atoms with E-state index >= 15 is 0 Å². The zero-order valence-electron chi connectivity index (χ0n) is 11.8. The molecule has 0 aromatic heterocycles. The highest BCUT2D eigenvalue weighted by molar-refractivity contribution is 5.67. The predicted molar refractivity (Wildman–Crippen MR) is 76.2 cm³/mol. The zero-order chi connectivity index (χ0) is 14.6. The van der Waals surface area contributed by atoms with E-state index in [2.05, 4.69) is 0 Å². The summed E-state index contributed by atoms with van der Waals surface area (Å²) >= 11 is 0. The molecule has 0 amide bonds. The molecule has 2 unspecified atom stereocenters. The lowest BCUT2D eigenvalue weighted by atomic mass is 10.0. The van der Waals surface area contributed by atoms with Gasteiger partial charge in [-0.3, -0.25) is 4.79 Å². The molecule has 20 heavy (non-hydrogen) atoms. The fourth-order valence-corrected chi connectivity index (χ4v) is 2.37. The average molecular weight is 276 g/mol. The van der Waals surface area contributed by atoms with Crippen molar-refractivity contribution >= 4 is 12.0 Å². The summed E-state index contributed by atoms with van der Waals surface area (Å²) in [6.07, 6.45) is 4.06. The van der Waals surface area contributed by atoms with Crippen LogP contribution in [0.15, 0.2) is 36.4 Å². The van der Waals surface area contributed by atoms with Crippen molar-refractivity contribution in [3.05, 3.63) is 42.0 Å². The number of carbonyl (C=O) groups is 1. The number of benzene rings is 1. The summed E-state index contributed by atoms with van der Waals surface area (Å²) in [5.74, 6) is -1.61. The molecule has 2 rings (SSSR count). The van der Waals surface area contributed by atoms with Crippen molar-refractivity contribution in [2.24, 2.45) is 0 Å². The third-order valence-electron chi connectivity index (χ3n) is 3.09. The van der Waals surface area contributed by atoms with E-state index in [9.17, 15) is 4.79 Å². The van der Waals surface area contributed by atoms with E-state index in [1.54, 1.807) is 0 Å². The van der Waals surface area contributed by atoms with Crippen LogP contribution >= 0.6 is 0 Å². The zero-order valence-corrected chi connectivity index (χ0v) is 11.8. The Balaban J connectivity index is 2.03. The first-order chi connectivity index (χ1) is 9.44. The quantitative estimate of drug-likeness (QED) is 0.918. The van der Waals surface area contributed by atoms with E-state index < -0.39 is 11.8 Å². The first-order valence-corrected chi connectivity index (χ1v) is 6.75. The van der Waals surface area contributed by atoms with Gasteiger partial charge in [-0.05, 0) is 19.4 Å². The number of hydrogen-bond donors (Lipinski definition) is 1. The van der Waals surface area contributed by atoms with Gasteiger partial charge in [0.05, 0.1) is 18.6 Å². The average Bonchev–Trinajstić information content (AvgIpc) is 2.35. The number of carboxylic acids is 1. The lowest BCUT2D eigenvalue weighted by Crippen LogP contribution is -2.44. The summed E-state index contributed by atoms with van der Waals surface area (Å²) in [7, 11) is 0. The largest absolute Gasteiger partial charge is 0.481 e. The van der Waals surface area contributed by atoms with Gasteiger partial charge >= 0.3 is 5.97 Å². The topological polar surface area (TPSA) is 55.8 Å². The van der Waals surface area contributed by atoms with E-state index in [0.717, 1.165) is 5.56 Å². The second-order valence-corrected chi connectivity index (χ2v) is 5.40. The third kappa shape index (κ3) is 4.47. The van der Waals surface area contributed by atoms with Crippen LogP contribution in [0, 0.1) is 0 Å². The van der Waals surface area contributed by atoms with Crippen molar-refractivity contribution in [3.8, 4) is 0 Å². The van der Waals surface area contributed by atoms with Gasteiger partial charge in [-0.25, -0.2) is 0 Å². The van der Waals surface area contributed by atoms with Crippen LogP contribution in [-0.4, -0.2) is 29.1 Å². The maximum absolute atomic E-state index is 10.8. The standard InChI is InChI=1S/C16H20O4/c1-16(2)19-13(10-14(20-16)11-15(17)18)9-8-12-6-4-3-5-7-12/h3-9,13-14H,10-11H2,1-2H3,(H,17,18)/b9-8+. The first-order valence-electron chi connectivity index (χ1n) is 6.75. The number of hydrogen-bond acceptors (Lipinski definition) is 3. The van der Waals surface area contributed by atoms with E-state index in [4.69, 9.17) is 14.6 Å². The monoisotopic (exact) mass is 276 g/mol. The van der Waals surface area contributed by atoms with Gasteiger partial charge in [0.2, 0.25) is 0 Å². The minimum Gasteiger partial charge on any atom is -0.481 e. The van der Waals surface area contributed by atoms with Crippen LogP contribution < -0.4 is 0 Å². The van der Waals surface area contributed by atoms with Crippen LogP contribution in [-0.2, 0) is 14.3 Å². The molecule has 1 N–H and O–H groups in total. The van der Waals surface area contributed by atoms with Crippen molar-refractivity contribution in [1.82, 2.24) is 0 Å². The molecule has 1 aromatic carbocycles. The van der Waals surface area contributed by atoms with Gasteiger partial charge in [0.25, 0.3) is 0 Å². The molecule has 0 saturated carbocycles. The molecule has 1 fully saturated rings. The van der Waals surface area contributed by atoms with Crippen LogP contribution in [0.1, 0.15) is 32.3 Å². The molecule has 0 spiro atoms. The first kappa shape index (κ1) is 14.8. The SMILES string of the molecule is CC1(C)OC(/C=C/c2ccccc2)CC(CC(=O)O)O1. The normalized spacial score (nSPS) is 25.7. The third-order valence-corrected chi connectivity index (χ3v) is 3.09. The summed E-state index contributed by atoms with van der Waals surface area (Å²) in [5.41, 5.74) is 1.09. The smallest absolute Gasteiger partial charge is 0.305 e. The molecule has 1 saturated heterocycles.